The summed E-state index contributed by atoms with van der Waals surface area (Å²) in [6.07, 6.45) is 1.69. The van der Waals surface area contributed by atoms with E-state index in [2.05, 4.69) is 50.2 Å². The highest BCUT2D eigenvalue weighted by molar-refractivity contribution is 5.69. The average Bonchev–Trinajstić information content (AvgIpc) is 3.15. The Balaban J connectivity index is 1.62. The van der Waals surface area contributed by atoms with Gasteiger partial charge in [-0.3, -0.25) is 0 Å². The SMILES string of the molecule is CC(C)(C)OC(=O)N1CCC[C@H]1COC(C)(C)c1ccc(-c2ccccc2)cc1. The first kappa shape index (κ1) is 21.4. The van der Waals surface area contributed by atoms with Gasteiger partial charge in [-0.15, -0.1) is 0 Å². The van der Waals surface area contributed by atoms with Gasteiger partial charge in [0, 0.05) is 6.54 Å². The van der Waals surface area contributed by atoms with Gasteiger partial charge in [0.05, 0.1) is 18.2 Å². The lowest BCUT2D eigenvalue weighted by molar-refractivity contribution is -0.0485. The number of likely N-dealkylation sites (tertiary alicyclic amines) is 1. The molecule has 1 heterocycles. The van der Waals surface area contributed by atoms with Gasteiger partial charge in [0.15, 0.2) is 0 Å². The number of carbonyl (C=O) groups excluding carboxylic acids is 1. The van der Waals surface area contributed by atoms with Crippen molar-refractivity contribution >= 4 is 6.09 Å². The lowest BCUT2D eigenvalue weighted by Crippen LogP contribution is -2.42. The number of amides is 1. The van der Waals surface area contributed by atoms with Crippen LogP contribution in [-0.4, -0.2) is 35.8 Å². The topological polar surface area (TPSA) is 38.8 Å². The molecule has 0 spiro atoms. The lowest BCUT2D eigenvalue weighted by atomic mass is 9.95. The number of rotatable bonds is 5. The van der Waals surface area contributed by atoms with Crippen LogP contribution in [0.15, 0.2) is 54.6 Å². The van der Waals surface area contributed by atoms with E-state index in [9.17, 15) is 4.79 Å². The number of benzene rings is 2. The summed E-state index contributed by atoms with van der Waals surface area (Å²) in [5, 5.41) is 0. The zero-order valence-electron chi connectivity index (χ0n) is 18.3. The smallest absolute Gasteiger partial charge is 0.410 e. The number of nitrogens with zero attached hydrogens (tertiary/aromatic N) is 1. The van der Waals surface area contributed by atoms with Crippen LogP contribution in [0.25, 0.3) is 11.1 Å². The minimum atomic E-state index is -0.481. The maximum absolute atomic E-state index is 12.5. The second kappa shape index (κ2) is 8.58. The number of carbonyl (C=O) groups is 1. The summed E-state index contributed by atoms with van der Waals surface area (Å²) in [6, 6.07) is 18.9. The van der Waals surface area contributed by atoms with Crippen LogP contribution in [0.2, 0.25) is 0 Å². The van der Waals surface area contributed by atoms with Gasteiger partial charge in [0.2, 0.25) is 0 Å². The summed E-state index contributed by atoms with van der Waals surface area (Å²) < 4.78 is 11.9. The molecule has 156 valence electrons. The summed E-state index contributed by atoms with van der Waals surface area (Å²) >= 11 is 0. The van der Waals surface area contributed by atoms with Crippen LogP contribution in [0.4, 0.5) is 4.79 Å². The van der Waals surface area contributed by atoms with E-state index in [0.717, 1.165) is 24.9 Å². The molecule has 4 nitrogen and oxygen atoms in total. The van der Waals surface area contributed by atoms with Crippen LogP contribution in [0.3, 0.4) is 0 Å². The molecule has 1 atom stereocenters. The van der Waals surface area contributed by atoms with Crippen molar-refractivity contribution in [3.8, 4) is 11.1 Å². The van der Waals surface area contributed by atoms with Gasteiger partial charge in [-0.05, 0) is 64.2 Å². The molecule has 3 rings (SSSR count). The van der Waals surface area contributed by atoms with Crippen molar-refractivity contribution in [1.82, 2.24) is 4.90 Å². The Bertz CT molecular complexity index is 806. The van der Waals surface area contributed by atoms with Crippen molar-refractivity contribution in [2.45, 2.75) is 64.7 Å². The second-order valence-corrected chi connectivity index (χ2v) is 9.23. The van der Waals surface area contributed by atoms with Crippen LogP contribution in [0.1, 0.15) is 53.0 Å². The van der Waals surface area contributed by atoms with Crippen molar-refractivity contribution in [2.24, 2.45) is 0 Å². The Hall–Kier alpha value is -2.33. The lowest BCUT2D eigenvalue weighted by Gasteiger charge is -2.32. The van der Waals surface area contributed by atoms with E-state index in [1.165, 1.54) is 11.1 Å². The summed E-state index contributed by atoms with van der Waals surface area (Å²) in [4.78, 5) is 14.3. The van der Waals surface area contributed by atoms with E-state index in [0.29, 0.717) is 6.61 Å². The third-order valence-corrected chi connectivity index (χ3v) is 5.33. The van der Waals surface area contributed by atoms with Gasteiger partial charge in [-0.2, -0.15) is 0 Å². The predicted octanol–water partition coefficient (Wildman–Crippen LogP) is 6.00. The van der Waals surface area contributed by atoms with E-state index in [4.69, 9.17) is 9.47 Å². The fourth-order valence-corrected chi connectivity index (χ4v) is 3.65. The number of ether oxygens (including phenoxy) is 2. The maximum Gasteiger partial charge on any atom is 0.410 e. The molecular formula is C25H33NO3. The fourth-order valence-electron chi connectivity index (χ4n) is 3.65. The molecule has 0 bridgehead atoms. The Kier molecular flexibility index (Phi) is 6.33. The molecule has 0 unspecified atom stereocenters. The van der Waals surface area contributed by atoms with Gasteiger partial charge in [-0.25, -0.2) is 4.79 Å². The highest BCUT2D eigenvalue weighted by Crippen LogP contribution is 2.30. The van der Waals surface area contributed by atoms with E-state index in [1.54, 1.807) is 0 Å². The fraction of sp³-hybridized carbons (Fsp3) is 0.480. The monoisotopic (exact) mass is 395 g/mol. The molecule has 0 saturated carbocycles. The van der Waals surface area contributed by atoms with Crippen LogP contribution in [0, 0.1) is 0 Å². The molecule has 0 aliphatic carbocycles. The molecule has 1 amide bonds. The van der Waals surface area contributed by atoms with Gasteiger partial charge < -0.3 is 14.4 Å². The molecule has 0 N–H and O–H groups in total. The Morgan fingerprint density at radius 2 is 1.59 bits per heavy atom. The molecule has 2 aromatic carbocycles. The Labute approximate surface area is 174 Å². The quantitative estimate of drug-likeness (QED) is 0.623. The zero-order chi connectivity index (χ0) is 21.1. The summed E-state index contributed by atoms with van der Waals surface area (Å²) in [5.41, 5.74) is 2.61. The summed E-state index contributed by atoms with van der Waals surface area (Å²) in [6.45, 7) is 11.1. The average molecular weight is 396 g/mol. The molecule has 2 aromatic rings. The third-order valence-electron chi connectivity index (χ3n) is 5.33. The standard InChI is InChI=1S/C25H33NO3/c1-24(2,3)29-23(27)26-17-9-12-22(26)18-28-25(4,5)21-15-13-20(14-16-21)19-10-7-6-8-11-19/h6-8,10-11,13-16,22H,9,12,17-18H2,1-5H3/t22-/m0/s1. The van der Waals surface area contributed by atoms with Crippen LogP contribution < -0.4 is 0 Å². The number of hydrogen-bond acceptors (Lipinski definition) is 3. The minimum absolute atomic E-state index is 0.0627. The van der Waals surface area contributed by atoms with Crippen molar-refractivity contribution in [1.29, 1.82) is 0 Å². The summed E-state index contributed by atoms with van der Waals surface area (Å²) in [7, 11) is 0. The van der Waals surface area contributed by atoms with Crippen molar-refractivity contribution < 1.29 is 14.3 Å². The minimum Gasteiger partial charge on any atom is -0.444 e. The zero-order valence-corrected chi connectivity index (χ0v) is 18.3. The van der Waals surface area contributed by atoms with Gasteiger partial charge >= 0.3 is 6.09 Å². The molecule has 1 fully saturated rings. The molecule has 0 radical (unpaired) electrons. The molecule has 1 aliphatic heterocycles. The Morgan fingerprint density at radius 1 is 0.966 bits per heavy atom. The van der Waals surface area contributed by atoms with Crippen molar-refractivity contribution in [3.05, 3.63) is 60.2 Å². The molecule has 29 heavy (non-hydrogen) atoms. The van der Waals surface area contributed by atoms with Gasteiger partial charge in [-0.1, -0.05) is 54.6 Å². The second-order valence-electron chi connectivity index (χ2n) is 9.23. The predicted molar refractivity (Wildman–Crippen MR) is 117 cm³/mol. The molecule has 1 saturated heterocycles. The van der Waals surface area contributed by atoms with Crippen LogP contribution in [-0.2, 0) is 15.1 Å². The van der Waals surface area contributed by atoms with Crippen LogP contribution >= 0.6 is 0 Å². The van der Waals surface area contributed by atoms with Gasteiger partial charge in [0.1, 0.15) is 5.60 Å². The molecule has 1 aliphatic rings. The molecule has 4 heteroatoms. The van der Waals surface area contributed by atoms with E-state index in [1.807, 2.05) is 43.9 Å². The van der Waals surface area contributed by atoms with E-state index in [-0.39, 0.29) is 12.1 Å². The number of hydrogen-bond donors (Lipinski definition) is 0. The first-order valence-corrected chi connectivity index (χ1v) is 10.5. The van der Waals surface area contributed by atoms with E-state index < -0.39 is 11.2 Å². The largest absolute Gasteiger partial charge is 0.444 e. The maximum atomic E-state index is 12.5. The first-order valence-electron chi connectivity index (χ1n) is 10.5. The van der Waals surface area contributed by atoms with Gasteiger partial charge in [0.25, 0.3) is 0 Å². The third kappa shape index (κ3) is 5.60. The Morgan fingerprint density at radius 3 is 2.21 bits per heavy atom. The van der Waals surface area contributed by atoms with Crippen molar-refractivity contribution in [3.63, 3.8) is 0 Å². The normalized spacial score (nSPS) is 17.4. The van der Waals surface area contributed by atoms with Crippen LogP contribution in [0.5, 0.6) is 0 Å². The first-order chi connectivity index (χ1) is 13.7. The summed E-state index contributed by atoms with van der Waals surface area (Å²) in [5.74, 6) is 0. The highest BCUT2D eigenvalue weighted by Gasteiger charge is 2.34. The van der Waals surface area contributed by atoms with Crippen molar-refractivity contribution in [2.75, 3.05) is 13.2 Å². The van der Waals surface area contributed by atoms with E-state index >= 15 is 0 Å². The highest BCUT2D eigenvalue weighted by atomic mass is 16.6. The molecule has 0 aromatic heterocycles. The molecular weight excluding hydrogens is 362 g/mol.